The van der Waals surface area contributed by atoms with Crippen LogP contribution in [0.2, 0.25) is 0 Å². The quantitative estimate of drug-likeness (QED) is 0.748. The number of aryl methyl sites for hydroxylation is 1. The average molecular weight is 268 g/mol. The summed E-state index contributed by atoms with van der Waals surface area (Å²) in [6.07, 6.45) is 4.90. The van der Waals surface area contributed by atoms with Crippen LogP contribution in [0.4, 0.5) is 0 Å². The molecule has 1 heterocycles. The Bertz CT molecular complexity index is 443. The molecule has 6 heteroatoms. The van der Waals surface area contributed by atoms with Crippen molar-refractivity contribution in [3.8, 4) is 0 Å². The molecule has 1 aromatic rings. The molecule has 3 N–H and O–H groups in total. The van der Waals surface area contributed by atoms with E-state index in [1.807, 2.05) is 24.7 Å². The normalized spacial score (nSPS) is 13.9. The highest BCUT2D eigenvalue weighted by Gasteiger charge is 2.34. The predicted octanol–water partition coefficient (Wildman–Crippen LogP) is 0.781. The van der Waals surface area contributed by atoms with Gasteiger partial charge < -0.3 is 15.6 Å². The minimum Gasteiger partial charge on any atom is -0.392 e. The van der Waals surface area contributed by atoms with Crippen LogP contribution >= 0.6 is 12.2 Å². The lowest BCUT2D eigenvalue weighted by molar-refractivity contribution is -0.126. The van der Waals surface area contributed by atoms with Gasteiger partial charge in [0.2, 0.25) is 5.91 Å². The molecule has 1 atom stereocenters. The molecule has 0 radical (unpaired) electrons. The molecule has 5 nitrogen and oxygen atoms in total. The molecular weight excluding hydrogens is 248 g/mol. The topological polar surface area (TPSA) is 72.9 Å². The smallest absolute Gasteiger partial charge is 0.232 e. The number of nitrogens with two attached hydrogens (primary N) is 1. The molecule has 0 saturated heterocycles. The molecule has 0 spiro atoms. The fraction of sp³-hybridized carbons (Fsp3) is 0.583. The van der Waals surface area contributed by atoms with Crippen LogP contribution in [0, 0.1) is 5.41 Å². The van der Waals surface area contributed by atoms with Gasteiger partial charge in [-0.3, -0.25) is 4.79 Å². The number of thiocarbonyl (C=S) groups is 1. The number of hydrogen-bond donors (Lipinski definition) is 2. The van der Waals surface area contributed by atoms with Crippen molar-refractivity contribution in [2.75, 3.05) is 6.54 Å². The van der Waals surface area contributed by atoms with E-state index in [0.717, 1.165) is 5.82 Å². The van der Waals surface area contributed by atoms with Gasteiger partial charge in [-0.2, -0.15) is 0 Å². The standard InChI is InChI=1S/C12H20N4OS/c1-4-12(2,10(13)18)11(17)15-6-5-9-14-7-8-16(9)3/h7-8H,4-6H2,1-3H3,(H2,13,18)(H,15,17). The molecule has 0 aliphatic rings. The summed E-state index contributed by atoms with van der Waals surface area (Å²) in [5, 5.41) is 2.86. The van der Waals surface area contributed by atoms with Crippen LogP contribution in [-0.4, -0.2) is 27.0 Å². The van der Waals surface area contributed by atoms with Gasteiger partial charge in [0.15, 0.2) is 0 Å². The van der Waals surface area contributed by atoms with Crippen LogP contribution in [0.15, 0.2) is 12.4 Å². The first-order chi connectivity index (χ1) is 8.41. The molecule has 0 aromatic carbocycles. The average Bonchev–Trinajstić information content (AvgIpc) is 2.73. The third-order valence-electron chi connectivity index (χ3n) is 3.31. The van der Waals surface area contributed by atoms with Crippen molar-refractivity contribution in [3.63, 3.8) is 0 Å². The SMILES string of the molecule is CCC(C)(C(=O)NCCc1nccn1C)C(N)=S. The summed E-state index contributed by atoms with van der Waals surface area (Å²) in [5.74, 6) is 0.815. The van der Waals surface area contributed by atoms with E-state index in [1.54, 1.807) is 13.1 Å². The third kappa shape index (κ3) is 3.07. The van der Waals surface area contributed by atoms with E-state index < -0.39 is 5.41 Å². The van der Waals surface area contributed by atoms with Crippen molar-refractivity contribution in [2.24, 2.45) is 18.2 Å². The van der Waals surface area contributed by atoms with E-state index in [2.05, 4.69) is 10.3 Å². The fourth-order valence-corrected chi connectivity index (χ4v) is 1.80. The Morgan fingerprint density at radius 3 is 2.78 bits per heavy atom. The molecule has 0 saturated carbocycles. The molecule has 0 fully saturated rings. The summed E-state index contributed by atoms with van der Waals surface area (Å²) >= 11 is 4.96. The van der Waals surface area contributed by atoms with Gasteiger partial charge in [0.25, 0.3) is 0 Å². The molecule has 100 valence electrons. The molecular formula is C12H20N4OS. The lowest BCUT2D eigenvalue weighted by atomic mass is 9.86. The first-order valence-electron chi connectivity index (χ1n) is 5.96. The summed E-state index contributed by atoms with van der Waals surface area (Å²) in [7, 11) is 1.93. The lowest BCUT2D eigenvalue weighted by Crippen LogP contribution is -2.47. The number of hydrogen-bond acceptors (Lipinski definition) is 3. The van der Waals surface area contributed by atoms with Crippen LogP contribution < -0.4 is 11.1 Å². The van der Waals surface area contributed by atoms with Crippen molar-refractivity contribution in [3.05, 3.63) is 18.2 Å². The molecule has 0 aliphatic carbocycles. The lowest BCUT2D eigenvalue weighted by Gasteiger charge is -2.25. The molecule has 0 aliphatic heterocycles. The van der Waals surface area contributed by atoms with Crippen LogP contribution in [0.25, 0.3) is 0 Å². The minimum absolute atomic E-state index is 0.119. The largest absolute Gasteiger partial charge is 0.392 e. The fourth-order valence-electron chi connectivity index (χ4n) is 1.57. The summed E-state index contributed by atoms with van der Waals surface area (Å²) in [6.45, 7) is 4.20. The van der Waals surface area contributed by atoms with Crippen LogP contribution in [0.3, 0.4) is 0 Å². The highest BCUT2D eigenvalue weighted by atomic mass is 32.1. The van der Waals surface area contributed by atoms with E-state index in [4.69, 9.17) is 18.0 Å². The Labute approximate surface area is 113 Å². The van der Waals surface area contributed by atoms with Crippen molar-refractivity contribution < 1.29 is 4.79 Å². The third-order valence-corrected chi connectivity index (χ3v) is 3.76. The predicted molar refractivity (Wildman–Crippen MR) is 75.1 cm³/mol. The second-order valence-electron chi connectivity index (χ2n) is 4.51. The number of imidazole rings is 1. The Kier molecular flexibility index (Phi) is 4.84. The Morgan fingerprint density at radius 1 is 1.67 bits per heavy atom. The zero-order chi connectivity index (χ0) is 13.8. The van der Waals surface area contributed by atoms with Gasteiger partial charge in [0.05, 0.1) is 10.4 Å². The van der Waals surface area contributed by atoms with Gasteiger partial charge >= 0.3 is 0 Å². The minimum atomic E-state index is -0.767. The maximum atomic E-state index is 12.0. The summed E-state index contributed by atoms with van der Waals surface area (Å²) in [6, 6.07) is 0. The second-order valence-corrected chi connectivity index (χ2v) is 4.95. The van der Waals surface area contributed by atoms with Gasteiger partial charge in [-0.1, -0.05) is 19.1 Å². The highest BCUT2D eigenvalue weighted by molar-refractivity contribution is 7.80. The van der Waals surface area contributed by atoms with E-state index in [0.29, 0.717) is 19.4 Å². The first kappa shape index (κ1) is 14.6. The van der Waals surface area contributed by atoms with Gasteiger partial charge in [-0.15, -0.1) is 0 Å². The highest BCUT2D eigenvalue weighted by Crippen LogP contribution is 2.21. The van der Waals surface area contributed by atoms with Crippen molar-refractivity contribution in [1.29, 1.82) is 0 Å². The number of amides is 1. The number of carbonyl (C=O) groups is 1. The molecule has 0 bridgehead atoms. The molecule has 18 heavy (non-hydrogen) atoms. The number of aromatic nitrogens is 2. The number of nitrogens with zero attached hydrogens (tertiary/aromatic N) is 2. The monoisotopic (exact) mass is 268 g/mol. The van der Waals surface area contributed by atoms with E-state index in [1.165, 1.54) is 0 Å². The number of rotatable bonds is 6. The van der Waals surface area contributed by atoms with Crippen LogP contribution in [-0.2, 0) is 18.3 Å². The number of carbonyl (C=O) groups excluding carboxylic acids is 1. The van der Waals surface area contributed by atoms with E-state index in [-0.39, 0.29) is 10.9 Å². The maximum absolute atomic E-state index is 12.0. The number of nitrogens with one attached hydrogen (secondary N) is 1. The molecule has 1 rings (SSSR count). The summed E-state index contributed by atoms with van der Waals surface area (Å²) in [5.41, 5.74) is 4.86. The van der Waals surface area contributed by atoms with Crippen molar-refractivity contribution >= 4 is 23.1 Å². The first-order valence-corrected chi connectivity index (χ1v) is 6.37. The molecule has 1 amide bonds. The van der Waals surface area contributed by atoms with Crippen molar-refractivity contribution in [2.45, 2.75) is 26.7 Å². The van der Waals surface area contributed by atoms with Gasteiger partial charge in [0.1, 0.15) is 5.82 Å². The van der Waals surface area contributed by atoms with E-state index in [9.17, 15) is 4.79 Å². The Balaban J connectivity index is 2.51. The van der Waals surface area contributed by atoms with Gasteiger partial charge in [-0.25, -0.2) is 4.98 Å². The molecule has 1 aromatic heterocycles. The summed E-state index contributed by atoms with van der Waals surface area (Å²) < 4.78 is 1.93. The Hall–Kier alpha value is -1.43. The summed E-state index contributed by atoms with van der Waals surface area (Å²) in [4.78, 5) is 16.5. The Morgan fingerprint density at radius 2 is 2.33 bits per heavy atom. The van der Waals surface area contributed by atoms with Crippen molar-refractivity contribution in [1.82, 2.24) is 14.9 Å². The second kappa shape index (κ2) is 5.95. The zero-order valence-corrected chi connectivity index (χ0v) is 11.9. The maximum Gasteiger partial charge on any atom is 0.232 e. The molecule has 1 unspecified atom stereocenters. The zero-order valence-electron chi connectivity index (χ0n) is 11.1. The van der Waals surface area contributed by atoms with Gasteiger partial charge in [-0.05, 0) is 13.3 Å². The van der Waals surface area contributed by atoms with Crippen LogP contribution in [0.1, 0.15) is 26.1 Å². The van der Waals surface area contributed by atoms with Crippen LogP contribution in [0.5, 0.6) is 0 Å². The van der Waals surface area contributed by atoms with Gasteiger partial charge in [0, 0.05) is 32.4 Å². The van der Waals surface area contributed by atoms with E-state index >= 15 is 0 Å².